The Balaban J connectivity index is 2.00. The van der Waals surface area contributed by atoms with E-state index >= 15 is 0 Å². The van der Waals surface area contributed by atoms with Crippen LogP contribution in [-0.2, 0) is 6.42 Å². The summed E-state index contributed by atoms with van der Waals surface area (Å²) < 4.78 is 0. The van der Waals surface area contributed by atoms with Crippen LogP contribution in [0.15, 0.2) is 41.4 Å². The molecule has 1 aliphatic rings. The lowest BCUT2D eigenvalue weighted by molar-refractivity contribution is 1.35. The largest absolute Gasteiger partial charge is 0.252 e. The minimum atomic E-state index is 0.828. The van der Waals surface area contributed by atoms with Gasteiger partial charge in [0.25, 0.3) is 0 Å². The van der Waals surface area contributed by atoms with Crippen LogP contribution in [0.25, 0.3) is 0 Å². The molecule has 0 aliphatic carbocycles. The van der Waals surface area contributed by atoms with Gasteiger partial charge in [-0.1, -0.05) is 41.4 Å². The lowest BCUT2D eigenvalue weighted by atomic mass is 10.0. The fourth-order valence-electron chi connectivity index (χ4n) is 2.23. The van der Waals surface area contributed by atoms with Gasteiger partial charge in [-0.2, -0.15) is 0 Å². The first kappa shape index (κ1) is 11.5. The fraction of sp³-hybridized carbons (Fsp3) is 0.188. The van der Waals surface area contributed by atoms with Crippen LogP contribution in [0.4, 0.5) is 5.69 Å². The molecule has 0 saturated carbocycles. The van der Waals surface area contributed by atoms with Crippen molar-refractivity contribution in [1.82, 2.24) is 0 Å². The summed E-state index contributed by atoms with van der Waals surface area (Å²) in [4.78, 5) is 4.71. The molecule has 1 aliphatic heterocycles. The molecular formula is C16H14ClN. The molecule has 2 aromatic carbocycles. The molecule has 0 unspecified atom stereocenters. The van der Waals surface area contributed by atoms with Gasteiger partial charge >= 0.3 is 0 Å². The van der Waals surface area contributed by atoms with E-state index in [1.807, 2.05) is 13.0 Å². The molecule has 0 atom stereocenters. The summed E-state index contributed by atoms with van der Waals surface area (Å²) >= 11 is 6.16. The SMILES string of the molecule is Cc1ccc(C2=Nc3cc(C)c(Cl)cc3C2)cc1. The number of halogens is 1. The van der Waals surface area contributed by atoms with Crippen LogP contribution in [0.1, 0.15) is 22.3 Å². The zero-order valence-electron chi connectivity index (χ0n) is 10.5. The highest BCUT2D eigenvalue weighted by atomic mass is 35.5. The second-order valence-corrected chi connectivity index (χ2v) is 5.24. The zero-order chi connectivity index (χ0) is 12.7. The molecule has 2 aromatic rings. The highest BCUT2D eigenvalue weighted by molar-refractivity contribution is 6.31. The molecule has 0 saturated heterocycles. The van der Waals surface area contributed by atoms with Gasteiger partial charge in [-0.25, -0.2) is 0 Å². The molecule has 1 heterocycles. The molecule has 2 heteroatoms. The number of aliphatic imine (C=N–C) groups is 1. The summed E-state index contributed by atoms with van der Waals surface area (Å²) in [6, 6.07) is 12.6. The Bertz CT molecular complexity index is 639. The number of aryl methyl sites for hydroxylation is 2. The molecule has 0 fully saturated rings. The molecular weight excluding hydrogens is 242 g/mol. The lowest BCUT2D eigenvalue weighted by Crippen LogP contribution is -1.99. The second-order valence-electron chi connectivity index (χ2n) is 4.83. The van der Waals surface area contributed by atoms with E-state index in [9.17, 15) is 0 Å². The maximum absolute atomic E-state index is 6.16. The Hall–Kier alpha value is -1.60. The molecule has 0 aromatic heterocycles. The van der Waals surface area contributed by atoms with Crippen molar-refractivity contribution >= 4 is 23.0 Å². The number of hydrogen-bond acceptors (Lipinski definition) is 1. The number of benzene rings is 2. The Kier molecular flexibility index (Phi) is 2.71. The standard InChI is InChI=1S/C16H14ClN/c1-10-3-5-12(6-4-10)16-9-13-8-14(17)11(2)7-15(13)18-16/h3-8H,9H2,1-2H3. The van der Waals surface area contributed by atoms with Gasteiger partial charge in [-0.15, -0.1) is 0 Å². The highest BCUT2D eigenvalue weighted by Gasteiger charge is 2.17. The average Bonchev–Trinajstić information content (AvgIpc) is 2.73. The van der Waals surface area contributed by atoms with E-state index in [1.54, 1.807) is 0 Å². The van der Waals surface area contributed by atoms with Crippen LogP contribution in [-0.4, -0.2) is 5.71 Å². The lowest BCUT2D eigenvalue weighted by Gasteiger charge is -2.01. The number of fused-ring (bicyclic) bond motifs is 1. The number of hydrogen-bond donors (Lipinski definition) is 0. The Morgan fingerprint density at radius 1 is 1.06 bits per heavy atom. The highest BCUT2D eigenvalue weighted by Crippen LogP contribution is 2.33. The molecule has 90 valence electrons. The molecule has 0 spiro atoms. The third-order valence-electron chi connectivity index (χ3n) is 3.36. The van der Waals surface area contributed by atoms with E-state index in [0.29, 0.717) is 0 Å². The summed E-state index contributed by atoms with van der Waals surface area (Å²) in [7, 11) is 0. The molecule has 0 bridgehead atoms. The van der Waals surface area contributed by atoms with E-state index in [0.717, 1.165) is 28.4 Å². The van der Waals surface area contributed by atoms with Crippen LogP contribution < -0.4 is 0 Å². The Morgan fingerprint density at radius 3 is 2.50 bits per heavy atom. The molecule has 1 nitrogen and oxygen atoms in total. The molecule has 0 N–H and O–H groups in total. The van der Waals surface area contributed by atoms with Crippen molar-refractivity contribution < 1.29 is 0 Å². The Labute approximate surface area is 112 Å². The van der Waals surface area contributed by atoms with E-state index in [4.69, 9.17) is 16.6 Å². The van der Waals surface area contributed by atoms with Crippen molar-refractivity contribution in [2.45, 2.75) is 20.3 Å². The topological polar surface area (TPSA) is 12.4 Å². The molecule has 18 heavy (non-hydrogen) atoms. The van der Waals surface area contributed by atoms with Gasteiger partial charge in [0.15, 0.2) is 0 Å². The predicted molar refractivity (Wildman–Crippen MR) is 77.3 cm³/mol. The van der Waals surface area contributed by atoms with Crippen molar-refractivity contribution in [3.63, 3.8) is 0 Å². The minimum Gasteiger partial charge on any atom is -0.252 e. The van der Waals surface area contributed by atoms with Gasteiger partial charge in [0, 0.05) is 11.4 Å². The monoisotopic (exact) mass is 255 g/mol. The van der Waals surface area contributed by atoms with E-state index in [2.05, 4.69) is 37.3 Å². The van der Waals surface area contributed by atoms with Gasteiger partial charge in [-0.3, -0.25) is 4.99 Å². The maximum Gasteiger partial charge on any atom is 0.0672 e. The smallest absolute Gasteiger partial charge is 0.0672 e. The quantitative estimate of drug-likeness (QED) is 0.704. The molecule has 0 radical (unpaired) electrons. The summed E-state index contributed by atoms with van der Waals surface area (Å²) in [5, 5.41) is 0.828. The first-order chi connectivity index (χ1) is 8.63. The number of nitrogens with zero attached hydrogens (tertiary/aromatic N) is 1. The zero-order valence-corrected chi connectivity index (χ0v) is 11.3. The van der Waals surface area contributed by atoms with Crippen molar-refractivity contribution in [3.05, 3.63) is 63.7 Å². The normalized spacial score (nSPS) is 13.4. The molecule has 3 rings (SSSR count). The van der Waals surface area contributed by atoms with Gasteiger partial charge in [0.1, 0.15) is 0 Å². The summed E-state index contributed by atoms with van der Waals surface area (Å²) in [6.07, 6.45) is 0.873. The van der Waals surface area contributed by atoms with Crippen LogP contribution >= 0.6 is 11.6 Å². The van der Waals surface area contributed by atoms with Crippen LogP contribution in [0.5, 0.6) is 0 Å². The fourth-order valence-corrected chi connectivity index (χ4v) is 2.42. The Morgan fingerprint density at radius 2 is 1.78 bits per heavy atom. The van der Waals surface area contributed by atoms with Crippen molar-refractivity contribution in [3.8, 4) is 0 Å². The van der Waals surface area contributed by atoms with E-state index in [-0.39, 0.29) is 0 Å². The first-order valence-corrected chi connectivity index (χ1v) is 6.45. The second kappa shape index (κ2) is 4.25. The summed E-state index contributed by atoms with van der Waals surface area (Å²) in [5.74, 6) is 0. The number of rotatable bonds is 1. The van der Waals surface area contributed by atoms with E-state index in [1.165, 1.54) is 16.7 Å². The third-order valence-corrected chi connectivity index (χ3v) is 3.77. The van der Waals surface area contributed by atoms with Gasteiger partial charge in [0.2, 0.25) is 0 Å². The van der Waals surface area contributed by atoms with Crippen molar-refractivity contribution in [2.75, 3.05) is 0 Å². The van der Waals surface area contributed by atoms with E-state index < -0.39 is 0 Å². The first-order valence-electron chi connectivity index (χ1n) is 6.07. The van der Waals surface area contributed by atoms with Gasteiger partial charge < -0.3 is 0 Å². The van der Waals surface area contributed by atoms with Gasteiger partial charge in [0.05, 0.1) is 11.4 Å². The van der Waals surface area contributed by atoms with Crippen LogP contribution in [0.2, 0.25) is 5.02 Å². The van der Waals surface area contributed by atoms with Crippen LogP contribution in [0, 0.1) is 13.8 Å². The predicted octanol–water partition coefficient (Wildman–Crippen LogP) is 4.63. The average molecular weight is 256 g/mol. The third kappa shape index (κ3) is 1.95. The summed E-state index contributed by atoms with van der Waals surface area (Å²) in [5.41, 5.74) is 6.98. The maximum atomic E-state index is 6.16. The van der Waals surface area contributed by atoms with Crippen molar-refractivity contribution in [2.24, 2.45) is 4.99 Å². The van der Waals surface area contributed by atoms with Gasteiger partial charge in [-0.05, 0) is 42.7 Å². The van der Waals surface area contributed by atoms with Crippen molar-refractivity contribution in [1.29, 1.82) is 0 Å². The molecule has 0 amide bonds. The minimum absolute atomic E-state index is 0.828. The van der Waals surface area contributed by atoms with Crippen LogP contribution in [0.3, 0.4) is 0 Å². The summed E-state index contributed by atoms with van der Waals surface area (Å²) in [6.45, 7) is 4.11.